The van der Waals surface area contributed by atoms with Gasteiger partial charge in [0.25, 0.3) is 0 Å². The summed E-state index contributed by atoms with van der Waals surface area (Å²) in [6.07, 6.45) is 0. The Balaban J connectivity index is 1.85. The molecule has 1 aliphatic heterocycles. The summed E-state index contributed by atoms with van der Waals surface area (Å²) in [4.78, 5) is 27.1. The number of nitrogens with zero attached hydrogens (tertiary/aromatic N) is 2. The molecular formula is C16H23N3O2. The number of hydrogen-bond donors (Lipinski definition) is 1. The van der Waals surface area contributed by atoms with Gasteiger partial charge in [-0.1, -0.05) is 12.1 Å². The summed E-state index contributed by atoms with van der Waals surface area (Å²) in [5.74, 6) is 0.162. The van der Waals surface area contributed by atoms with Crippen molar-refractivity contribution in [2.24, 2.45) is 0 Å². The van der Waals surface area contributed by atoms with E-state index >= 15 is 0 Å². The number of carbonyl (C=O) groups is 2. The number of aryl methyl sites for hydroxylation is 1. The molecule has 1 saturated heterocycles. The molecule has 0 radical (unpaired) electrons. The lowest BCUT2D eigenvalue weighted by Gasteiger charge is -2.34. The van der Waals surface area contributed by atoms with Crippen molar-refractivity contribution in [3.63, 3.8) is 0 Å². The molecule has 1 aromatic carbocycles. The number of carbonyl (C=O) groups excluding carboxylic acids is 2. The highest BCUT2D eigenvalue weighted by Gasteiger charge is 2.21. The summed E-state index contributed by atoms with van der Waals surface area (Å²) in [5.41, 5.74) is 3.39. The summed E-state index contributed by atoms with van der Waals surface area (Å²) >= 11 is 0. The first kappa shape index (κ1) is 15.4. The Morgan fingerprint density at radius 1 is 1.10 bits per heavy atom. The van der Waals surface area contributed by atoms with Crippen LogP contribution in [0.2, 0.25) is 0 Å². The number of nitrogens with one attached hydrogen (secondary N) is 1. The monoisotopic (exact) mass is 289 g/mol. The predicted octanol–water partition coefficient (Wildman–Crippen LogP) is 1.41. The van der Waals surface area contributed by atoms with Gasteiger partial charge in [-0.15, -0.1) is 0 Å². The molecule has 0 bridgehead atoms. The average molecular weight is 289 g/mol. The van der Waals surface area contributed by atoms with Crippen LogP contribution in [0.25, 0.3) is 0 Å². The number of benzene rings is 1. The second-order valence-electron chi connectivity index (χ2n) is 5.49. The van der Waals surface area contributed by atoms with Crippen LogP contribution in [0.15, 0.2) is 18.2 Å². The first-order chi connectivity index (χ1) is 9.99. The molecule has 0 unspecified atom stereocenters. The van der Waals surface area contributed by atoms with Gasteiger partial charge in [0.1, 0.15) is 0 Å². The summed E-state index contributed by atoms with van der Waals surface area (Å²) in [6, 6.07) is 6.04. The van der Waals surface area contributed by atoms with Crippen molar-refractivity contribution in [2.75, 3.05) is 38.0 Å². The highest BCUT2D eigenvalue weighted by Crippen LogP contribution is 2.17. The van der Waals surface area contributed by atoms with Crippen LogP contribution < -0.4 is 5.32 Å². The highest BCUT2D eigenvalue weighted by atomic mass is 16.2. The normalized spacial score (nSPS) is 15.0. The molecule has 0 aromatic heterocycles. The Morgan fingerprint density at radius 3 is 2.33 bits per heavy atom. The second kappa shape index (κ2) is 6.61. The van der Waals surface area contributed by atoms with Gasteiger partial charge in [-0.3, -0.25) is 9.59 Å². The largest absolute Gasteiger partial charge is 0.376 e. The van der Waals surface area contributed by atoms with Crippen molar-refractivity contribution >= 4 is 17.5 Å². The third-order valence-corrected chi connectivity index (χ3v) is 4.11. The van der Waals surface area contributed by atoms with Crippen molar-refractivity contribution in [3.8, 4) is 0 Å². The summed E-state index contributed by atoms with van der Waals surface area (Å²) < 4.78 is 0. The van der Waals surface area contributed by atoms with Crippen LogP contribution in [0.5, 0.6) is 0 Å². The maximum Gasteiger partial charge on any atom is 0.241 e. The Morgan fingerprint density at radius 2 is 1.71 bits per heavy atom. The fourth-order valence-electron chi connectivity index (χ4n) is 2.50. The van der Waals surface area contributed by atoms with E-state index in [9.17, 15) is 9.59 Å². The molecule has 0 spiro atoms. The van der Waals surface area contributed by atoms with Crippen LogP contribution in [0.3, 0.4) is 0 Å². The Labute approximate surface area is 125 Å². The SMILES string of the molecule is CC(=O)N1CCN(C(=O)CNc2cccc(C)c2C)CC1. The minimum atomic E-state index is 0.0793. The first-order valence-electron chi connectivity index (χ1n) is 7.32. The molecule has 1 heterocycles. The zero-order valence-corrected chi connectivity index (χ0v) is 13.0. The van der Waals surface area contributed by atoms with Crippen molar-refractivity contribution in [1.82, 2.24) is 9.80 Å². The van der Waals surface area contributed by atoms with Gasteiger partial charge in [-0.2, -0.15) is 0 Å². The van der Waals surface area contributed by atoms with Crippen molar-refractivity contribution in [2.45, 2.75) is 20.8 Å². The molecule has 2 amide bonds. The van der Waals surface area contributed by atoms with Gasteiger partial charge in [0.2, 0.25) is 11.8 Å². The summed E-state index contributed by atoms with van der Waals surface area (Å²) in [7, 11) is 0. The van der Waals surface area contributed by atoms with E-state index in [1.54, 1.807) is 11.8 Å². The van der Waals surface area contributed by atoms with E-state index < -0.39 is 0 Å². The lowest BCUT2D eigenvalue weighted by atomic mass is 10.1. The van der Waals surface area contributed by atoms with E-state index in [2.05, 4.69) is 18.3 Å². The number of piperazine rings is 1. The lowest BCUT2D eigenvalue weighted by Crippen LogP contribution is -2.51. The molecule has 1 fully saturated rings. The molecule has 21 heavy (non-hydrogen) atoms. The molecular weight excluding hydrogens is 266 g/mol. The fraction of sp³-hybridized carbons (Fsp3) is 0.500. The Hall–Kier alpha value is -2.04. The first-order valence-corrected chi connectivity index (χ1v) is 7.32. The zero-order chi connectivity index (χ0) is 15.4. The van der Waals surface area contributed by atoms with Crippen LogP contribution >= 0.6 is 0 Å². The quantitative estimate of drug-likeness (QED) is 0.915. The highest BCUT2D eigenvalue weighted by molar-refractivity contribution is 5.81. The number of hydrogen-bond acceptors (Lipinski definition) is 3. The number of rotatable bonds is 3. The maximum atomic E-state index is 12.2. The predicted molar refractivity (Wildman–Crippen MR) is 83.2 cm³/mol. The van der Waals surface area contributed by atoms with Gasteiger partial charge >= 0.3 is 0 Å². The number of amides is 2. The third-order valence-electron chi connectivity index (χ3n) is 4.11. The van der Waals surface area contributed by atoms with Crippen LogP contribution in [-0.4, -0.2) is 54.3 Å². The van der Waals surface area contributed by atoms with E-state index in [0.29, 0.717) is 32.7 Å². The topological polar surface area (TPSA) is 52.7 Å². The summed E-state index contributed by atoms with van der Waals surface area (Å²) in [6.45, 7) is 8.47. The van der Waals surface area contributed by atoms with E-state index in [4.69, 9.17) is 0 Å². The van der Waals surface area contributed by atoms with Crippen LogP contribution in [0.4, 0.5) is 5.69 Å². The molecule has 1 aliphatic rings. The molecule has 5 heteroatoms. The van der Waals surface area contributed by atoms with Crippen LogP contribution in [0.1, 0.15) is 18.1 Å². The molecule has 0 atom stereocenters. The fourth-order valence-corrected chi connectivity index (χ4v) is 2.50. The van der Waals surface area contributed by atoms with E-state index in [1.165, 1.54) is 11.1 Å². The molecule has 2 rings (SSSR count). The molecule has 1 N–H and O–H groups in total. The van der Waals surface area contributed by atoms with Crippen molar-refractivity contribution < 1.29 is 9.59 Å². The van der Waals surface area contributed by atoms with Gasteiger partial charge in [0.05, 0.1) is 6.54 Å². The number of anilines is 1. The summed E-state index contributed by atoms with van der Waals surface area (Å²) in [5, 5.41) is 3.21. The minimum Gasteiger partial charge on any atom is -0.376 e. The molecule has 1 aromatic rings. The molecule has 0 saturated carbocycles. The Bertz CT molecular complexity index is 534. The van der Waals surface area contributed by atoms with Gasteiger partial charge in [0, 0.05) is 38.8 Å². The van der Waals surface area contributed by atoms with Gasteiger partial charge in [-0.05, 0) is 31.0 Å². The Kier molecular flexibility index (Phi) is 4.83. The maximum absolute atomic E-state index is 12.2. The molecule has 114 valence electrons. The van der Waals surface area contributed by atoms with Gasteiger partial charge < -0.3 is 15.1 Å². The van der Waals surface area contributed by atoms with Gasteiger partial charge in [-0.25, -0.2) is 0 Å². The third kappa shape index (κ3) is 3.74. The zero-order valence-electron chi connectivity index (χ0n) is 13.0. The van der Waals surface area contributed by atoms with Crippen molar-refractivity contribution in [1.29, 1.82) is 0 Å². The van der Waals surface area contributed by atoms with E-state index in [1.807, 2.05) is 24.0 Å². The molecule has 0 aliphatic carbocycles. The lowest BCUT2D eigenvalue weighted by molar-refractivity contribution is -0.137. The molecule has 5 nitrogen and oxygen atoms in total. The van der Waals surface area contributed by atoms with Crippen LogP contribution in [-0.2, 0) is 9.59 Å². The van der Waals surface area contributed by atoms with Gasteiger partial charge in [0.15, 0.2) is 0 Å². The van der Waals surface area contributed by atoms with E-state index in [-0.39, 0.29) is 11.8 Å². The van der Waals surface area contributed by atoms with Crippen molar-refractivity contribution in [3.05, 3.63) is 29.3 Å². The average Bonchev–Trinajstić information content (AvgIpc) is 2.48. The van der Waals surface area contributed by atoms with E-state index in [0.717, 1.165) is 5.69 Å². The second-order valence-corrected chi connectivity index (χ2v) is 5.49. The standard InChI is InChI=1S/C16H23N3O2/c1-12-5-4-6-15(13(12)2)17-11-16(21)19-9-7-18(8-10-19)14(3)20/h4-6,17H,7-11H2,1-3H3. The van der Waals surface area contributed by atoms with Crippen LogP contribution in [0, 0.1) is 13.8 Å². The minimum absolute atomic E-state index is 0.0793. The smallest absolute Gasteiger partial charge is 0.241 e.